The van der Waals surface area contributed by atoms with Gasteiger partial charge in [0.15, 0.2) is 0 Å². The number of hydrogen-bond donors (Lipinski definition) is 3. The van der Waals surface area contributed by atoms with Crippen LogP contribution in [0.5, 0.6) is 0 Å². The van der Waals surface area contributed by atoms with Crippen LogP contribution < -0.4 is 16.4 Å². The van der Waals surface area contributed by atoms with Gasteiger partial charge in [-0.3, -0.25) is 0 Å². The lowest BCUT2D eigenvalue weighted by Crippen LogP contribution is -2.43. The largest absolute Gasteiger partial charge is 0.401 e. The maximum Gasteiger partial charge on any atom is 0.0691 e. The van der Waals surface area contributed by atoms with Crippen molar-refractivity contribution in [1.82, 2.24) is 10.6 Å². The Morgan fingerprint density at radius 2 is 1.50 bits per heavy atom. The monoisotopic (exact) mass is 453 g/mol. The highest BCUT2D eigenvalue weighted by molar-refractivity contribution is 5.85. The van der Waals surface area contributed by atoms with Crippen LogP contribution in [0.3, 0.4) is 0 Å². The summed E-state index contributed by atoms with van der Waals surface area (Å²) in [4.78, 5) is 0. The highest BCUT2D eigenvalue weighted by atomic mass is 15.0. The molecule has 3 aromatic rings. The number of allylic oxidation sites excluding steroid dienone is 1. The van der Waals surface area contributed by atoms with Gasteiger partial charge in [-0.1, -0.05) is 106 Å². The van der Waals surface area contributed by atoms with E-state index in [1.54, 1.807) is 0 Å². The molecule has 0 bridgehead atoms. The molecule has 0 aliphatic heterocycles. The molecule has 0 fully saturated rings. The maximum atomic E-state index is 6.14. The molecular formula is C31H39N3. The Morgan fingerprint density at radius 1 is 0.824 bits per heavy atom. The van der Waals surface area contributed by atoms with Crippen molar-refractivity contribution in [3.8, 4) is 0 Å². The number of nitrogens with one attached hydrogen (secondary N) is 2. The molecule has 0 radical (unpaired) electrons. The molecule has 1 unspecified atom stereocenters. The molecule has 0 saturated carbocycles. The van der Waals surface area contributed by atoms with Gasteiger partial charge in [0.1, 0.15) is 0 Å². The van der Waals surface area contributed by atoms with Crippen molar-refractivity contribution in [2.45, 2.75) is 51.6 Å². The second kappa shape index (κ2) is 12.1. The van der Waals surface area contributed by atoms with E-state index < -0.39 is 0 Å². The van der Waals surface area contributed by atoms with Gasteiger partial charge in [0.05, 0.1) is 12.1 Å². The van der Waals surface area contributed by atoms with Crippen LogP contribution in [0, 0.1) is 5.92 Å². The van der Waals surface area contributed by atoms with Crippen LogP contribution >= 0.6 is 0 Å². The third-order valence-corrected chi connectivity index (χ3v) is 6.18. The van der Waals surface area contributed by atoms with Crippen molar-refractivity contribution in [2.75, 3.05) is 0 Å². The first-order valence-corrected chi connectivity index (χ1v) is 12.2. The number of fused-ring (bicyclic) bond motifs is 1. The minimum atomic E-state index is -0.0249. The minimum Gasteiger partial charge on any atom is -0.401 e. The van der Waals surface area contributed by atoms with E-state index in [9.17, 15) is 0 Å². The van der Waals surface area contributed by atoms with Gasteiger partial charge >= 0.3 is 0 Å². The molecule has 178 valence electrons. The zero-order chi connectivity index (χ0) is 24.5. The van der Waals surface area contributed by atoms with Crippen molar-refractivity contribution in [3.05, 3.63) is 121 Å². The maximum absolute atomic E-state index is 6.14. The van der Waals surface area contributed by atoms with E-state index in [-0.39, 0.29) is 12.1 Å². The van der Waals surface area contributed by atoms with Crippen LogP contribution in [0.4, 0.5) is 0 Å². The van der Waals surface area contributed by atoms with Gasteiger partial charge in [-0.15, -0.1) is 0 Å². The second-order valence-electron chi connectivity index (χ2n) is 9.56. The molecule has 0 spiro atoms. The van der Waals surface area contributed by atoms with Crippen LogP contribution in [-0.2, 0) is 12.8 Å². The predicted molar refractivity (Wildman–Crippen MR) is 147 cm³/mol. The summed E-state index contributed by atoms with van der Waals surface area (Å²) in [5.74, 6) is 0.496. The second-order valence-corrected chi connectivity index (χ2v) is 9.56. The zero-order valence-corrected chi connectivity index (χ0v) is 20.7. The van der Waals surface area contributed by atoms with Crippen LogP contribution in [0.25, 0.3) is 10.8 Å². The standard InChI is InChI=1S/C31H39N3/c1-22(2)20-30(24(4)32)34-25(5)31(33-23(3)18-19-26-12-7-6-8-13-26)21-28-16-11-15-27-14-9-10-17-29(27)28/h6-17,22,30-31,33-34H,3-5,18-21,32H2,1-2H3/t30-,31?/m0/s1. The Bertz CT molecular complexity index is 1110. The van der Waals surface area contributed by atoms with Gasteiger partial charge < -0.3 is 16.4 Å². The molecule has 34 heavy (non-hydrogen) atoms. The van der Waals surface area contributed by atoms with Gasteiger partial charge in [-0.05, 0) is 53.5 Å². The number of aryl methyl sites for hydroxylation is 1. The Hall–Kier alpha value is -3.46. The smallest absolute Gasteiger partial charge is 0.0691 e. The van der Waals surface area contributed by atoms with E-state index in [2.05, 4.69) is 111 Å². The molecular weight excluding hydrogens is 414 g/mol. The third-order valence-electron chi connectivity index (χ3n) is 6.18. The lowest BCUT2D eigenvalue weighted by molar-refractivity contribution is 0.461. The first-order valence-electron chi connectivity index (χ1n) is 12.2. The summed E-state index contributed by atoms with van der Waals surface area (Å²) in [7, 11) is 0. The SMILES string of the molecule is C=C(CCc1ccccc1)NC(Cc1cccc2ccccc12)C(=C)N[C@@H](CC(C)C)C(=C)N. The van der Waals surface area contributed by atoms with E-state index in [0.29, 0.717) is 11.6 Å². The number of hydrogen-bond acceptors (Lipinski definition) is 3. The summed E-state index contributed by atoms with van der Waals surface area (Å²) >= 11 is 0. The average Bonchev–Trinajstić information content (AvgIpc) is 2.82. The molecule has 0 aliphatic rings. The topological polar surface area (TPSA) is 50.1 Å². The van der Waals surface area contributed by atoms with Crippen molar-refractivity contribution in [1.29, 1.82) is 0 Å². The van der Waals surface area contributed by atoms with Crippen LogP contribution in [0.2, 0.25) is 0 Å². The quantitative estimate of drug-likeness (QED) is 0.278. The fraction of sp³-hybridized carbons (Fsp3) is 0.290. The molecule has 0 saturated heterocycles. The molecule has 0 aliphatic carbocycles. The van der Waals surface area contributed by atoms with E-state index in [1.165, 1.54) is 21.9 Å². The fourth-order valence-corrected chi connectivity index (χ4v) is 4.31. The molecule has 0 heterocycles. The highest BCUT2D eigenvalue weighted by Gasteiger charge is 2.20. The Labute approximate surface area is 205 Å². The highest BCUT2D eigenvalue weighted by Crippen LogP contribution is 2.22. The van der Waals surface area contributed by atoms with E-state index in [0.717, 1.165) is 37.1 Å². The zero-order valence-electron chi connectivity index (χ0n) is 20.7. The van der Waals surface area contributed by atoms with Gasteiger partial charge in [-0.2, -0.15) is 0 Å². The minimum absolute atomic E-state index is 0.0121. The molecule has 3 rings (SSSR count). The third kappa shape index (κ3) is 7.28. The number of benzene rings is 3. The van der Waals surface area contributed by atoms with Crippen LogP contribution in [0.1, 0.15) is 37.8 Å². The molecule has 3 nitrogen and oxygen atoms in total. The number of nitrogens with two attached hydrogens (primary N) is 1. The van der Waals surface area contributed by atoms with Crippen molar-refractivity contribution < 1.29 is 0 Å². The predicted octanol–water partition coefficient (Wildman–Crippen LogP) is 6.48. The summed E-state index contributed by atoms with van der Waals surface area (Å²) in [6.45, 7) is 17.1. The van der Waals surface area contributed by atoms with E-state index in [4.69, 9.17) is 5.73 Å². The molecule has 3 aromatic carbocycles. The van der Waals surface area contributed by atoms with Crippen molar-refractivity contribution in [2.24, 2.45) is 11.7 Å². The molecule has 0 aromatic heterocycles. The molecule has 3 heteroatoms. The summed E-state index contributed by atoms with van der Waals surface area (Å²) < 4.78 is 0. The summed E-state index contributed by atoms with van der Waals surface area (Å²) in [5, 5.41) is 9.75. The average molecular weight is 454 g/mol. The Balaban J connectivity index is 1.79. The van der Waals surface area contributed by atoms with Crippen LogP contribution in [0.15, 0.2) is 110 Å². The lowest BCUT2D eigenvalue weighted by atomic mass is 9.96. The van der Waals surface area contributed by atoms with Crippen molar-refractivity contribution in [3.63, 3.8) is 0 Å². The normalized spacial score (nSPS) is 12.8. The number of rotatable bonds is 13. The van der Waals surface area contributed by atoms with Gasteiger partial charge in [-0.25, -0.2) is 0 Å². The summed E-state index contributed by atoms with van der Waals surface area (Å²) in [6, 6.07) is 25.5. The lowest BCUT2D eigenvalue weighted by Gasteiger charge is -2.29. The molecule has 2 atom stereocenters. The van der Waals surface area contributed by atoms with E-state index in [1.807, 2.05) is 6.07 Å². The Kier molecular flexibility index (Phi) is 8.98. The summed E-state index contributed by atoms with van der Waals surface area (Å²) in [5.41, 5.74) is 11.3. The molecule has 0 amide bonds. The van der Waals surface area contributed by atoms with Gasteiger partial charge in [0, 0.05) is 17.1 Å². The first-order chi connectivity index (χ1) is 16.3. The molecule has 4 N–H and O–H groups in total. The fourth-order valence-electron chi connectivity index (χ4n) is 4.31. The van der Waals surface area contributed by atoms with E-state index >= 15 is 0 Å². The van der Waals surface area contributed by atoms with Gasteiger partial charge in [0.25, 0.3) is 0 Å². The first kappa shape index (κ1) is 25.2. The Morgan fingerprint density at radius 3 is 2.21 bits per heavy atom. The van der Waals surface area contributed by atoms with Gasteiger partial charge in [0.2, 0.25) is 0 Å². The van der Waals surface area contributed by atoms with Crippen LogP contribution in [-0.4, -0.2) is 12.1 Å². The van der Waals surface area contributed by atoms with Crippen molar-refractivity contribution >= 4 is 10.8 Å². The summed E-state index contributed by atoms with van der Waals surface area (Å²) in [6.07, 6.45) is 3.51.